The number of pyridine rings is 1. The Morgan fingerprint density at radius 2 is 1.54 bits per heavy atom. The SMILES string of the molecule is CCC(c1cc(C2CCCCCCCCCC2)c2ncsc2n1)C(C)CC(C)(C)NC(C)(C)CC. The van der Waals surface area contributed by atoms with Crippen LogP contribution < -0.4 is 5.32 Å². The molecule has 0 amide bonds. The maximum atomic E-state index is 5.23. The summed E-state index contributed by atoms with van der Waals surface area (Å²) in [7, 11) is 0. The van der Waals surface area contributed by atoms with E-state index in [0.717, 1.165) is 24.1 Å². The molecule has 1 saturated carbocycles. The van der Waals surface area contributed by atoms with E-state index in [4.69, 9.17) is 9.97 Å². The van der Waals surface area contributed by atoms with Crippen LogP contribution in [-0.2, 0) is 0 Å². The summed E-state index contributed by atoms with van der Waals surface area (Å²) in [6.45, 7) is 16.5. The van der Waals surface area contributed by atoms with Gasteiger partial charge in [0.2, 0.25) is 0 Å². The van der Waals surface area contributed by atoms with E-state index >= 15 is 0 Å². The van der Waals surface area contributed by atoms with Crippen LogP contribution >= 0.6 is 11.3 Å². The second kappa shape index (κ2) is 13.0. The van der Waals surface area contributed by atoms with Crippen molar-refractivity contribution in [3.63, 3.8) is 0 Å². The average Bonchev–Trinajstić information content (AvgIpc) is 3.24. The molecule has 0 spiro atoms. The van der Waals surface area contributed by atoms with Gasteiger partial charge in [0.25, 0.3) is 0 Å². The standard InChI is InChI=1S/C31H53N3S/c1-8-25(23(3)21-31(6,7)34-30(4,5)9-2)27-20-26(28-29(33-27)35-22-32-28)24-18-16-14-12-10-11-13-15-17-19-24/h20,22-25,34H,8-19,21H2,1-7H3. The largest absolute Gasteiger partial charge is 0.307 e. The molecule has 0 radical (unpaired) electrons. The topological polar surface area (TPSA) is 37.8 Å². The van der Waals surface area contributed by atoms with E-state index in [0.29, 0.717) is 17.8 Å². The van der Waals surface area contributed by atoms with Crippen molar-refractivity contribution in [3.05, 3.63) is 22.8 Å². The minimum atomic E-state index is 0.0958. The molecular weight excluding hydrogens is 446 g/mol. The Morgan fingerprint density at radius 1 is 0.943 bits per heavy atom. The van der Waals surface area contributed by atoms with Gasteiger partial charge < -0.3 is 5.32 Å². The van der Waals surface area contributed by atoms with Gasteiger partial charge in [-0.15, -0.1) is 11.3 Å². The minimum Gasteiger partial charge on any atom is -0.307 e. The summed E-state index contributed by atoms with van der Waals surface area (Å²) in [6, 6.07) is 2.49. The monoisotopic (exact) mass is 499 g/mol. The predicted molar refractivity (Wildman–Crippen MR) is 155 cm³/mol. The van der Waals surface area contributed by atoms with Crippen molar-refractivity contribution >= 4 is 21.7 Å². The van der Waals surface area contributed by atoms with Crippen LogP contribution in [0.3, 0.4) is 0 Å². The molecule has 4 heteroatoms. The van der Waals surface area contributed by atoms with Gasteiger partial charge in [0.1, 0.15) is 10.3 Å². The van der Waals surface area contributed by atoms with Crippen molar-refractivity contribution in [1.82, 2.24) is 15.3 Å². The third kappa shape index (κ3) is 8.25. The lowest BCUT2D eigenvalue weighted by Gasteiger charge is -2.39. The van der Waals surface area contributed by atoms with Crippen molar-refractivity contribution in [2.75, 3.05) is 0 Å². The number of rotatable bonds is 9. The number of nitrogens with zero attached hydrogens (tertiary/aromatic N) is 2. The molecule has 2 heterocycles. The summed E-state index contributed by atoms with van der Waals surface area (Å²) in [4.78, 5) is 11.2. The molecule has 2 atom stereocenters. The maximum Gasteiger partial charge on any atom is 0.143 e. The molecule has 35 heavy (non-hydrogen) atoms. The Morgan fingerprint density at radius 3 is 2.11 bits per heavy atom. The first-order valence-corrected chi connectivity index (χ1v) is 15.6. The molecule has 1 N–H and O–H groups in total. The highest BCUT2D eigenvalue weighted by Crippen LogP contribution is 2.39. The summed E-state index contributed by atoms with van der Waals surface area (Å²) in [6.07, 6.45) is 17.2. The Kier molecular flexibility index (Phi) is 10.6. The van der Waals surface area contributed by atoms with E-state index in [1.807, 2.05) is 5.51 Å². The molecule has 2 unspecified atom stereocenters. The quantitative estimate of drug-likeness (QED) is 0.373. The van der Waals surface area contributed by atoms with Crippen LogP contribution in [0.2, 0.25) is 0 Å². The molecule has 3 nitrogen and oxygen atoms in total. The molecule has 2 aromatic heterocycles. The minimum absolute atomic E-state index is 0.0958. The molecular formula is C31H53N3S. The third-order valence-corrected chi connectivity index (χ3v) is 9.27. The zero-order valence-corrected chi connectivity index (χ0v) is 24.7. The number of hydrogen-bond donors (Lipinski definition) is 1. The lowest BCUT2D eigenvalue weighted by atomic mass is 9.78. The second-order valence-electron chi connectivity index (χ2n) is 12.7. The van der Waals surface area contributed by atoms with Crippen LogP contribution in [0.4, 0.5) is 0 Å². The normalized spacial score (nSPS) is 19.4. The second-order valence-corrected chi connectivity index (χ2v) is 13.5. The fourth-order valence-electron chi connectivity index (χ4n) is 6.60. The number of thiazole rings is 1. The van der Waals surface area contributed by atoms with Crippen LogP contribution in [0.15, 0.2) is 11.6 Å². The zero-order valence-electron chi connectivity index (χ0n) is 23.9. The fourth-order valence-corrected chi connectivity index (χ4v) is 7.30. The van der Waals surface area contributed by atoms with Gasteiger partial charge in [0.05, 0.1) is 5.51 Å². The highest BCUT2D eigenvalue weighted by atomic mass is 32.1. The summed E-state index contributed by atoms with van der Waals surface area (Å²) < 4.78 is 0. The van der Waals surface area contributed by atoms with Gasteiger partial charge in [-0.3, -0.25) is 0 Å². The molecule has 1 aliphatic carbocycles. The van der Waals surface area contributed by atoms with Crippen LogP contribution in [0, 0.1) is 5.92 Å². The molecule has 1 aliphatic rings. The number of hydrogen-bond acceptors (Lipinski definition) is 4. The molecule has 0 aromatic carbocycles. The van der Waals surface area contributed by atoms with Gasteiger partial charge in [-0.05, 0) is 83.3 Å². The van der Waals surface area contributed by atoms with Gasteiger partial charge in [-0.1, -0.05) is 72.1 Å². The molecule has 0 aliphatic heterocycles. The summed E-state index contributed by atoms with van der Waals surface area (Å²) in [5, 5.41) is 3.93. The van der Waals surface area contributed by atoms with Crippen molar-refractivity contribution in [2.24, 2.45) is 5.92 Å². The highest BCUT2D eigenvalue weighted by Gasteiger charge is 2.31. The zero-order chi connectivity index (χ0) is 25.5. The first-order valence-electron chi connectivity index (χ1n) is 14.7. The molecule has 1 fully saturated rings. The van der Waals surface area contributed by atoms with E-state index in [2.05, 4.69) is 59.8 Å². The van der Waals surface area contributed by atoms with Crippen molar-refractivity contribution in [2.45, 2.75) is 155 Å². The fraction of sp³-hybridized carbons (Fsp3) is 0.806. The van der Waals surface area contributed by atoms with Crippen molar-refractivity contribution < 1.29 is 0 Å². The highest BCUT2D eigenvalue weighted by molar-refractivity contribution is 7.16. The van der Waals surface area contributed by atoms with Gasteiger partial charge in [0.15, 0.2) is 0 Å². The van der Waals surface area contributed by atoms with Crippen molar-refractivity contribution in [1.29, 1.82) is 0 Å². The first kappa shape index (κ1) is 28.6. The van der Waals surface area contributed by atoms with Gasteiger partial charge in [0, 0.05) is 22.7 Å². The molecule has 0 bridgehead atoms. The van der Waals surface area contributed by atoms with Crippen LogP contribution in [0.25, 0.3) is 10.3 Å². The lowest BCUT2D eigenvalue weighted by molar-refractivity contribution is 0.209. The lowest BCUT2D eigenvalue weighted by Crippen LogP contribution is -2.52. The Bertz CT molecular complexity index is 888. The summed E-state index contributed by atoms with van der Waals surface area (Å²) >= 11 is 1.73. The Hall–Kier alpha value is -1.00. The van der Waals surface area contributed by atoms with Gasteiger partial charge in [-0.2, -0.15) is 0 Å². The smallest absolute Gasteiger partial charge is 0.143 e. The molecule has 0 saturated heterocycles. The van der Waals surface area contributed by atoms with Crippen LogP contribution in [0.5, 0.6) is 0 Å². The molecule has 3 rings (SSSR count). The van der Waals surface area contributed by atoms with E-state index in [-0.39, 0.29) is 11.1 Å². The molecule has 2 aromatic rings. The Labute approximate surface area is 220 Å². The van der Waals surface area contributed by atoms with E-state index < -0.39 is 0 Å². The number of nitrogens with one attached hydrogen (secondary N) is 1. The predicted octanol–water partition coefficient (Wildman–Crippen LogP) is 9.77. The molecule has 198 valence electrons. The first-order chi connectivity index (χ1) is 16.7. The van der Waals surface area contributed by atoms with Gasteiger partial charge >= 0.3 is 0 Å². The summed E-state index contributed by atoms with van der Waals surface area (Å²) in [5.41, 5.74) is 6.27. The van der Waals surface area contributed by atoms with E-state index in [1.54, 1.807) is 11.3 Å². The van der Waals surface area contributed by atoms with Crippen LogP contribution in [-0.4, -0.2) is 21.0 Å². The number of aromatic nitrogens is 2. The van der Waals surface area contributed by atoms with Gasteiger partial charge in [-0.25, -0.2) is 9.97 Å². The summed E-state index contributed by atoms with van der Waals surface area (Å²) in [5.74, 6) is 1.68. The maximum absolute atomic E-state index is 5.23. The third-order valence-electron chi connectivity index (χ3n) is 8.55. The number of fused-ring (bicyclic) bond motifs is 1. The van der Waals surface area contributed by atoms with Crippen molar-refractivity contribution in [3.8, 4) is 0 Å². The van der Waals surface area contributed by atoms with E-state index in [9.17, 15) is 0 Å². The van der Waals surface area contributed by atoms with Crippen LogP contribution in [0.1, 0.15) is 155 Å². The van der Waals surface area contributed by atoms with E-state index in [1.165, 1.54) is 81.0 Å². The Balaban J connectivity index is 1.87. The average molecular weight is 500 g/mol.